The molecule has 0 aliphatic rings. The first-order chi connectivity index (χ1) is 7.84. The number of carbonyl (C=O) groups is 2. The lowest BCUT2D eigenvalue weighted by Crippen LogP contribution is -2.33. The molecule has 0 atom stereocenters. The first-order valence-corrected chi connectivity index (χ1v) is 5.14. The molecule has 0 aromatic heterocycles. The first kappa shape index (κ1) is 13.2. The SMILES string of the molecule is CC(C)N(C)C(=O)c1ccc(C(=O)O)cc1F. The second-order valence-electron chi connectivity index (χ2n) is 4.01. The predicted octanol–water partition coefficient (Wildman–Crippen LogP) is 2.00. The van der Waals surface area contributed by atoms with Gasteiger partial charge >= 0.3 is 5.97 Å². The van der Waals surface area contributed by atoms with Crippen LogP contribution in [-0.4, -0.2) is 35.0 Å². The molecule has 1 rings (SSSR count). The number of halogens is 1. The molecule has 0 spiro atoms. The number of benzene rings is 1. The van der Waals surface area contributed by atoms with Gasteiger partial charge in [0.15, 0.2) is 0 Å². The Morgan fingerprint density at radius 3 is 2.35 bits per heavy atom. The fourth-order valence-electron chi connectivity index (χ4n) is 1.25. The zero-order valence-corrected chi connectivity index (χ0v) is 9.90. The Morgan fingerprint density at radius 1 is 1.35 bits per heavy atom. The van der Waals surface area contributed by atoms with Crippen LogP contribution in [-0.2, 0) is 0 Å². The van der Waals surface area contributed by atoms with Gasteiger partial charge in [-0.3, -0.25) is 4.79 Å². The van der Waals surface area contributed by atoms with E-state index in [0.29, 0.717) is 0 Å². The Kier molecular flexibility index (Phi) is 3.83. The van der Waals surface area contributed by atoms with Gasteiger partial charge in [0.2, 0.25) is 0 Å². The molecule has 92 valence electrons. The van der Waals surface area contributed by atoms with Crippen LogP contribution >= 0.6 is 0 Å². The molecule has 0 radical (unpaired) electrons. The van der Waals surface area contributed by atoms with Crippen molar-refractivity contribution in [2.45, 2.75) is 19.9 Å². The summed E-state index contributed by atoms with van der Waals surface area (Å²) >= 11 is 0. The van der Waals surface area contributed by atoms with Crippen molar-refractivity contribution in [2.75, 3.05) is 7.05 Å². The van der Waals surface area contributed by atoms with E-state index in [1.165, 1.54) is 17.0 Å². The average molecular weight is 239 g/mol. The number of carbonyl (C=O) groups excluding carboxylic acids is 1. The van der Waals surface area contributed by atoms with Gasteiger partial charge in [-0.1, -0.05) is 0 Å². The highest BCUT2D eigenvalue weighted by atomic mass is 19.1. The summed E-state index contributed by atoms with van der Waals surface area (Å²) in [5.74, 6) is -2.50. The summed E-state index contributed by atoms with van der Waals surface area (Å²) in [4.78, 5) is 23.8. The van der Waals surface area contributed by atoms with Crippen LogP contribution in [0.4, 0.5) is 4.39 Å². The van der Waals surface area contributed by atoms with Gasteiger partial charge in [0.25, 0.3) is 5.91 Å². The Bertz CT molecular complexity index is 457. The summed E-state index contributed by atoms with van der Waals surface area (Å²) in [5, 5.41) is 8.67. The maximum Gasteiger partial charge on any atom is 0.335 e. The van der Waals surface area contributed by atoms with E-state index in [9.17, 15) is 14.0 Å². The standard InChI is InChI=1S/C12H14FNO3/c1-7(2)14(3)11(15)9-5-4-8(12(16)17)6-10(9)13/h4-7H,1-3H3,(H,16,17). The maximum atomic E-state index is 13.6. The molecule has 0 aliphatic carbocycles. The number of amides is 1. The number of rotatable bonds is 3. The van der Waals surface area contributed by atoms with Crippen LogP contribution in [0.3, 0.4) is 0 Å². The molecule has 0 fully saturated rings. The Morgan fingerprint density at radius 2 is 1.94 bits per heavy atom. The van der Waals surface area contributed by atoms with Crippen molar-refractivity contribution in [3.05, 3.63) is 35.1 Å². The zero-order chi connectivity index (χ0) is 13.2. The highest BCUT2D eigenvalue weighted by molar-refractivity contribution is 5.96. The van der Waals surface area contributed by atoms with Crippen LogP contribution in [0.2, 0.25) is 0 Å². The van der Waals surface area contributed by atoms with E-state index in [0.717, 1.165) is 6.07 Å². The van der Waals surface area contributed by atoms with E-state index >= 15 is 0 Å². The minimum absolute atomic E-state index is 0.0546. The minimum atomic E-state index is -1.22. The summed E-state index contributed by atoms with van der Waals surface area (Å²) in [5.41, 5.74) is -0.294. The number of hydrogen-bond acceptors (Lipinski definition) is 2. The summed E-state index contributed by atoms with van der Waals surface area (Å²) in [6, 6.07) is 3.21. The molecule has 4 nitrogen and oxygen atoms in total. The summed E-state index contributed by atoms with van der Waals surface area (Å²) in [6.45, 7) is 3.61. The number of aromatic carboxylic acids is 1. The first-order valence-electron chi connectivity index (χ1n) is 5.14. The zero-order valence-electron chi connectivity index (χ0n) is 9.90. The third kappa shape index (κ3) is 2.81. The largest absolute Gasteiger partial charge is 0.478 e. The molecule has 1 N–H and O–H groups in total. The Labute approximate surface area is 98.7 Å². The summed E-state index contributed by atoms with van der Waals surface area (Å²) in [6.07, 6.45) is 0. The van der Waals surface area contributed by atoms with Crippen LogP contribution < -0.4 is 0 Å². The Balaban J connectivity index is 3.08. The number of nitrogens with zero attached hydrogens (tertiary/aromatic N) is 1. The third-order valence-electron chi connectivity index (χ3n) is 2.54. The van der Waals surface area contributed by atoms with Gasteiger partial charge in [-0.15, -0.1) is 0 Å². The lowest BCUT2D eigenvalue weighted by atomic mass is 10.1. The molecule has 1 aromatic rings. The van der Waals surface area contributed by atoms with E-state index in [4.69, 9.17) is 5.11 Å². The maximum absolute atomic E-state index is 13.6. The van der Waals surface area contributed by atoms with Crippen molar-refractivity contribution in [1.82, 2.24) is 4.90 Å². The van der Waals surface area contributed by atoms with E-state index in [-0.39, 0.29) is 17.2 Å². The lowest BCUT2D eigenvalue weighted by Gasteiger charge is -2.21. The van der Waals surface area contributed by atoms with Gasteiger partial charge in [-0.2, -0.15) is 0 Å². The van der Waals surface area contributed by atoms with Crippen LogP contribution in [0, 0.1) is 5.82 Å². The van der Waals surface area contributed by atoms with Crippen molar-refractivity contribution in [2.24, 2.45) is 0 Å². The molecule has 0 saturated carbocycles. The quantitative estimate of drug-likeness (QED) is 0.877. The molecule has 0 saturated heterocycles. The van der Waals surface area contributed by atoms with Crippen molar-refractivity contribution < 1.29 is 19.1 Å². The van der Waals surface area contributed by atoms with Crippen molar-refractivity contribution >= 4 is 11.9 Å². The second-order valence-corrected chi connectivity index (χ2v) is 4.01. The minimum Gasteiger partial charge on any atom is -0.478 e. The van der Waals surface area contributed by atoms with Crippen LogP contribution in [0.5, 0.6) is 0 Å². The molecule has 17 heavy (non-hydrogen) atoms. The Hall–Kier alpha value is -1.91. The fourth-order valence-corrected chi connectivity index (χ4v) is 1.25. The van der Waals surface area contributed by atoms with Crippen molar-refractivity contribution in [3.63, 3.8) is 0 Å². The van der Waals surface area contributed by atoms with Gasteiger partial charge in [-0.05, 0) is 32.0 Å². The molecule has 0 aliphatic heterocycles. The van der Waals surface area contributed by atoms with Crippen LogP contribution in [0.15, 0.2) is 18.2 Å². The topological polar surface area (TPSA) is 57.6 Å². The summed E-state index contributed by atoms with van der Waals surface area (Å²) in [7, 11) is 1.57. The van der Waals surface area contributed by atoms with E-state index in [1.807, 2.05) is 0 Å². The molecule has 5 heteroatoms. The van der Waals surface area contributed by atoms with Crippen molar-refractivity contribution in [3.8, 4) is 0 Å². The van der Waals surface area contributed by atoms with E-state index in [1.54, 1.807) is 20.9 Å². The molecular weight excluding hydrogens is 225 g/mol. The number of carboxylic acid groups (broad SMARTS) is 1. The predicted molar refractivity (Wildman–Crippen MR) is 60.6 cm³/mol. The smallest absolute Gasteiger partial charge is 0.335 e. The van der Waals surface area contributed by atoms with Gasteiger partial charge in [0, 0.05) is 13.1 Å². The lowest BCUT2D eigenvalue weighted by molar-refractivity contribution is 0.0692. The van der Waals surface area contributed by atoms with Crippen molar-refractivity contribution in [1.29, 1.82) is 0 Å². The van der Waals surface area contributed by atoms with Crippen LogP contribution in [0.1, 0.15) is 34.6 Å². The van der Waals surface area contributed by atoms with Gasteiger partial charge < -0.3 is 10.0 Å². The van der Waals surface area contributed by atoms with Gasteiger partial charge in [0.1, 0.15) is 5.82 Å². The molecule has 0 heterocycles. The summed E-state index contributed by atoms with van der Waals surface area (Å²) < 4.78 is 13.6. The second kappa shape index (κ2) is 4.95. The van der Waals surface area contributed by atoms with Gasteiger partial charge in [-0.25, -0.2) is 9.18 Å². The molecular formula is C12H14FNO3. The van der Waals surface area contributed by atoms with E-state index in [2.05, 4.69) is 0 Å². The highest BCUT2D eigenvalue weighted by Gasteiger charge is 2.19. The normalized spacial score (nSPS) is 10.4. The molecule has 1 amide bonds. The number of hydrogen-bond donors (Lipinski definition) is 1. The molecule has 0 bridgehead atoms. The molecule has 1 aromatic carbocycles. The van der Waals surface area contributed by atoms with Gasteiger partial charge in [0.05, 0.1) is 11.1 Å². The molecule has 0 unspecified atom stereocenters. The third-order valence-corrected chi connectivity index (χ3v) is 2.54. The monoisotopic (exact) mass is 239 g/mol. The highest BCUT2D eigenvalue weighted by Crippen LogP contribution is 2.13. The average Bonchev–Trinajstić information content (AvgIpc) is 2.26. The van der Waals surface area contributed by atoms with E-state index < -0.39 is 17.7 Å². The fraction of sp³-hybridized carbons (Fsp3) is 0.333. The number of carboxylic acids is 1. The van der Waals surface area contributed by atoms with Crippen LogP contribution in [0.25, 0.3) is 0 Å².